The summed E-state index contributed by atoms with van der Waals surface area (Å²) in [4.78, 5) is 3.96. The van der Waals surface area contributed by atoms with Gasteiger partial charge in [0.05, 0.1) is 0 Å². The highest BCUT2D eigenvalue weighted by Crippen LogP contribution is 2.26. The third kappa shape index (κ3) is 2.91. The minimum atomic E-state index is -3.66. The molecule has 21 heavy (non-hydrogen) atoms. The van der Waals surface area contributed by atoms with Crippen molar-refractivity contribution < 1.29 is 8.42 Å². The third-order valence-electron chi connectivity index (χ3n) is 3.66. The van der Waals surface area contributed by atoms with Gasteiger partial charge in [-0.25, -0.2) is 4.98 Å². The summed E-state index contributed by atoms with van der Waals surface area (Å²) < 4.78 is 27.2. The number of sulfonamides is 1. The summed E-state index contributed by atoms with van der Waals surface area (Å²) in [6.45, 7) is 0.339. The standard InChI is InChI=1S/C15H17N3O2S/c16-9-11-4-7-15(17-10-11)21(19,20)18-14-6-5-12-2-1-3-13(12)8-14/h4-8,10,18H,1-3,9,16H2. The molecule has 0 atom stereocenters. The van der Waals surface area contributed by atoms with Gasteiger partial charge in [0.15, 0.2) is 5.03 Å². The van der Waals surface area contributed by atoms with Gasteiger partial charge in [0, 0.05) is 18.4 Å². The number of nitrogens with two attached hydrogens (primary N) is 1. The first kappa shape index (κ1) is 14.0. The van der Waals surface area contributed by atoms with Crippen molar-refractivity contribution in [1.29, 1.82) is 0 Å². The van der Waals surface area contributed by atoms with Crippen LogP contribution in [0.1, 0.15) is 23.1 Å². The van der Waals surface area contributed by atoms with Crippen LogP contribution in [0.2, 0.25) is 0 Å². The van der Waals surface area contributed by atoms with E-state index in [1.54, 1.807) is 12.1 Å². The van der Waals surface area contributed by atoms with E-state index in [0.29, 0.717) is 12.2 Å². The maximum atomic E-state index is 12.3. The number of fused-ring (bicyclic) bond motifs is 1. The maximum Gasteiger partial charge on any atom is 0.279 e. The zero-order chi connectivity index (χ0) is 14.9. The number of aryl methyl sites for hydroxylation is 2. The van der Waals surface area contributed by atoms with Crippen molar-refractivity contribution in [2.75, 3.05) is 4.72 Å². The fourth-order valence-corrected chi connectivity index (χ4v) is 3.51. The molecule has 0 radical (unpaired) electrons. The maximum absolute atomic E-state index is 12.3. The number of aromatic nitrogens is 1. The molecule has 1 heterocycles. The summed E-state index contributed by atoms with van der Waals surface area (Å²) in [6.07, 6.45) is 4.70. The average molecular weight is 303 g/mol. The molecule has 0 saturated heterocycles. The molecule has 3 rings (SSSR count). The Kier molecular flexibility index (Phi) is 3.65. The van der Waals surface area contributed by atoms with Gasteiger partial charge in [-0.15, -0.1) is 0 Å². The normalized spacial score (nSPS) is 14.0. The molecule has 6 heteroatoms. The van der Waals surface area contributed by atoms with Gasteiger partial charge >= 0.3 is 0 Å². The largest absolute Gasteiger partial charge is 0.326 e. The van der Waals surface area contributed by atoms with Crippen molar-refractivity contribution in [2.24, 2.45) is 5.73 Å². The van der Waals surface area contributed by atoms with E-state index in [1.807, 2.05) is 12.1 Å². The molecule has 0 aliphatic heterocycles. The highest BCUT2D eigenvalue weighted by Gasteiger charge is 2.17. The summed E-state index contributed by atoms with van der Waals surface area (Å²) in [5, 5.41) is 0.000184. The lowest BCUT2D eigenvalue weighted by molar-refractivity contribution is 0.597. The van der Waals surface area contributed by atoms with E-state index in [1.165, 1.54) is 23.4 Å². The summed E-state index contributed by atoms with van der Waals surface area (Å²) in [6, 6.07) is 8.84. The predicted octanol–water partition coefficient (Wildman–Crippen LogP) is 1.83. The lowest BCUT2D eigenvalue weighted by Crippen LogP contribution is -2.15. The van der Waals surface area contributed by atoms with E-state index in [0.717, 1.165) is 24.8 Å². The van der Waals surface area contributed by atoms with Crippen LogP contribution in [-0.4, -0.2) is 13.4 Å². The second-order valence-electron chi connectivity index (χ2n) is 5.15. The van der Waals surface area contributed by atoms with Gasteiger partial charge in [0.1, 0.15) is 0 Å². The van der Waals surface area contributed by atoms with E-state index in [4.69, 9.17) is 5.73 Å². The first-order valence-corrected chi connectivity index (χ1v) is 8.36. The Morgan fingerprint density at radius 3 is 2.67 bits per heavy atom. The van der Waals surface area contributed by atoms with Crippen LogP contribution in [0.3, 0.4) is 0 Å². The molecule has 1 aliphatic carbocycles. The monoisotopic (exact) mass is 303 g/mol. The summed E-state index contributed by atoms with van der Waals surface area (Å²) >= 11 is 0. The van der Waals surface area contributed by atoms with Gasteiger partial charge in [-0.05, 0) is 54.2 Å². The molecule has 0 amide bonds. The molecule has 3 N–H and O–H groups in total. The molecule has 0 fully saturated rings. The molecular weight excluding hydrogens is 286 g/mol. The van der Waals surface area contributed by atoms with Gasteiger partial charge in [-0.3, -0.25) is 4.72 Å². The van der Waals surface area contributed by atoms with Crippen LogP contribution in [0.5, 0.6) is 0 Å². The fourth-order valence-electron chi connectivity index (χ4n) is 2.53. The molecule has 0 spiro atoms. The zero-order valence-corrected chi connectivity index (χ0v) is 12.4. The van der Waals surface area contributed by atoms with Crippen molar-refractivity contribution in [3.8, 4) is 0 Å². The Morgan fingerprint density at radius 1 is 1.14 bits per heavy atom. The van der Waals surface area contributed by atoms with Crippen LogP contribution >= 0.6 is 0 Å². The van der Waals surface area contributed by atoms with Crippen molar-refractivity contribution in [1.82, 2.24) is 4.98 Å². The van der Waals surface area contributed by atoms with Crippen LogP contribution < -0.4 is 10.5 Å². The van der Waals surface area contributed by atoms with Crippen LogP contribution in [0.25, 0.3) is 0 Å². The highest BCUT2D eigenvalue weighted by molar-refractivity contribution is 7.92. The topological polar surface area (TPSA) is 85.1 Å². The second kappa shape index (κ2) is 5.46. The number of hydrogen-bond donors (Lipinski definition) is 2. The van der Waals surface area contributed by atoms with Crippen molar-refractivity contribution in [3.63, 3.8) is 0 Å². The first-order valence-electron chi connectivity index (χ1n) is 6.88. The third-order valence-corrected chi connectivity index (χ3v) is 4.96. The Hall–Kier alpha value is -1.92. The SMILES string of the molecule is NCc1ccc(S(=O)(=O)Nc2ccc3c(c2)CCC3)nc1. The van der Waals surface area contributed by atoms with E-state index < -0.39 is 10.0 Å². The van der Waals surface area contributed by atoms with E-state index in [-0.39, 0.29) is 5.03 Å². The van der Waals surface area contributed by atoms with E-state index >= 15 is 0 Å². The first-order chi connectivity index (χ1) is 10.1. The van der Waals surface area contributed by atoms with Crippen molar-refractivity contribution >= 4 is 15.7 Å². The van der Waals surface area contributed by atoms with Gasteiger partial charge in [-0.1, -0.05) is 12.1 Å². The quantitative estimate of drug-likeness (QED) is 0.902. The van der Waals surface area contributed by atoms with Crippen LogP contribution in [0, 0.1) is 0 Å². The Bertz CT molecular complexity index is 755. The number of rotatable bonds is 4. The predicted molar refractivity (Wildman–Crippen MR) is 81.4 cm³/mol. The Labute approximate surface area is 124 Å². The lowest BCUT2D eigenvalue weighted by Gasteiger charge is -2.09. The van der Waals surface area contributed by atoms with Crippen molar-refractivity contribution in [2.45, 2.75) is 30.8 Å². The zero-order valence-electron chi connectivity index (χ0n) is 11.5. The minimum absolute atomic E-state index is 0.000184. The van der Waals surface area contributed by atoms with Crippen LogP contribution in [-0.2, 0) is 29.4 Å². The number of benzene rings is 1. The molecule has 0 unspecified atom stereocenters. The van der Waals surface area contributed by atoms with Crippen LogP contribution in [0.15, 0.2) is 41.6 Å². The number of nitrogens with zero attached hydrogens (tertiary/aromatic N) is 1. The van der Waals surface area contributed by atoms with E-state index in [2.05, 4.69) is 9.71 Å². The molecule has 1 aromatic heterocycles. The molecule has 1 aromatic carbocycles. The average Bonchev–Trinajstić information content (AvgIpc) is 2.94. The molecule has 5 nitrogen and oxygen atoms in total. The van der Waals surface area contributed by atoms with Gasteiger partial charge in [-0.2, -0.15) is 8.42 Å². The number of nitrogens with one attached hydrogen (secondary N) is 1. The van der Waals surface area contributed by atoms with Gasteiger partial charge < -0.3 is 5.73 Å². The molecule has 2 aromatic rings. The molecule has 0 bridgehead atoms. The van der Waals surface area contributed by atoms with E-state index in [9.17, 15) is 8.42 Å². The fraction of sp³-hybridized carbons (Fsp3) is 0.267. The summed E-state index contributed by atoms with van der Waals surface area (Å²) in [7, 11) is -3.66. The van der Waals surface area contributed by atoms with Gasteiger partial charge in [0.2, 0.25) is 0 Å². The van der Waals surface area contributed by atoms with Gasteiger partial charge in [0.25, 0.3) is 10.0 Å². The number of anilines is 1. The smallest absolute Gasteiger partial charge is 0.279 e. The lowest BCUT2D eigenvalue weighted by atomic mass is 10.1. The highest BCUT2D eigenvalue weighted by atomic mass is 32.2. The minimum Gasteiger partial charge on any atom is -0.326 e. The molecular formula is C15H17N3O2S. The molecule has 110 valence electrons. The second-order valence-corrected chi connectivity index (χ2v) is 6.78. The Balaban J connectivity index is 1.85. The Morgan fingerprint density at radius 2 is 1.95 bits per heavy atom. The summed E-state index contributed by atoms with van der Waals surface area (Å²) in [5.74, 6) is 0. The molecule has 1 aliphatic rings. The summed E-state index contributed by atoms with van der Waals surface area (Å²) in [5.41, 5.74) is 9.39. The number of hydrogen-bond acceptors (Lipinski definition) is 4. The van der Waals surface area contributed by atoms with Crippen molar-refractivity contribution in [3.05, 3.63) is 53.2 Å². The van der Waals surface area contributed by atoms with Crippen LogP contribution in [0.4, 0.5) is 5.69 Å². The molecule has 0 saturated carbocycles. The number of pyridine rings is 1.